The van der Waals surface area contributed by atoms with Gasteiger partial charge in [-0.05, 0) is 40.2 Å². The molecule has 0 saturated carbocycles. The van der Waals surface area contributed by atoms with Gasteiger partial charge in [0, 0.05) is 24.9 Å². The third-order valence-corrected chi connectivity index (χ3v) is 3.01. The highest BCUT2D eigenvalue weighted by Gasteiger charge is 2.21. The Hall–Kier alpha value is -2.57. The summed E-state index contributed by atoms with van der Waals surface area (Å²) in [6, 6.07) is 3.67. The normalized spacial score (nSPS) is 11.3. The topological polar surface area (TPSA) is 78.0 Å². The summed E-state index contributed by atoms with van der Waals surface area (Å²) in [5.74, 6) is 0.0403. The van der Waals surface area contributed by atoms with Crippen LogP contribution in [0.4, 0.5) is 4.79 Å². The van der Waals surface area contributed by atoms with Crippen molar-refractivity contribution in [2.45, 2.75) is 40.2 Å². The molecule has 7 heteroatoms. The Morgan fingerprint density at radius 1 is 1.27 bits per heavy atom. The maximum Gasteiger partial charge on any atom is 0.410 e. The SMILES string of the molecule is CCOC(=O)/C=C/CN(CCOc1ccc(C)cn1)C(=O)OC(C)(C)C. The molecule has 1 amide bonds. The molecule has 0 aromatic carbocycles. The van der Waals surface area contributed by atoms with E-state index in [1.165, 1.54) is 11.0 Å². The lowest BCUT2D eigenvalue weighted by atomic mass is 10.2. The first kappa shape index (κ1) is 21.5. The first-order valence-electron chi connectivity index (χ1n) is 8.58. The van der Waals surface area contributed by atoms with Crippen molar-refractivity contribution >= 4 is 12.1 Å². The van der Waals surface area contributed by atoms with Gasteiger partial charge in [0.2, 0.25) is 5.88 Å². The Labute approximate surface area is 154 Å². The van der Waals surface area contributed by atoms with Crippen LogP contribution in [0.2, 0.25) is 0 Å². The number of pyridine rings is 1. The predicted molar refractivity (Wildman–Crippen MR) is 98.0 cm³/mol. The second-order valence-corrected chi connectivity index (χ2v) is 6.60. The average molecular weight is 364 g/mol. The van der Waals surface area contributed by atoms with Crippen molar-refractivity contribution in [1.82, 2.24) is 9.88 Å². The van der Waals surface area contributed by atoms with Crippen LogP contribution in [-0.2, 0) is 14.3 Å². The van der Waals surface area contributed by atoms with Crippen LogP contribution in [-0.4, -0.2) is 53.9 Å². The number of amides is 1. The molecule has 0 aliphatic rings. The molecule has 0 fully saturated rings. The fourth-order valence-corrected chi connectivity index (χ4v) is 1.85. The number of carbonyl (C=O) groups excluding carboxylic acids is 2. The highest BCUT2D eigenvalue weighted by atomic mass is 16.6. The fourth-order valence-electron chi connectivity index (χ4n) is 1.85. The Bertz CT molecular complexity index is 605. The Kier molecular flexibility index (Phi) is 8.61. The first-order chi connectivity index (χ1) is 12.2. The highest BCUT2D eigenvalue weighted by Crippen LogP contribution is 2.11. The van der Waals surface area contributed by atoms with Crippen molar-refractivity contribution < 1.29 is 23.8 Å². The molecule has 26 heavy (non-hydrogen) atoms. The number of nitrogens with zero attached hydrogens (tertiary/aromatic N) is 2. The molecule has 1 aromatic heterocycles. The van der Waals surface area contributed by atoms with Crippen molar-refractivity contribution in [3.8, 4) is 5.88 Å². The zero-order chi connectivity index (χ0) is 19.6. The molecule has 144 valence electrons. The number of carbonyl (C=O) groups is 2. The third-order valence-electron chi connectivity index (χ3n) is 3.01. The van der Waals surface area contributed by atoms with Crippen molar-refractivity contribution in [2.24, 2.45) is 0 Å². The van der Waals surface area contributed by atoms with E-state index >= 15 is 0 Å². The van der Waals surface area contributed by atoms with Crippen molar-refractivity contribution in [3.63, 3.8) is 0 Å². The van der Waals surface area contributed by atoms with Crippen LogP contribution in [0.1, 0.15) is 33.3 Å². The summed E-state index contributed by atoms with van der Waals surface area (Å²) in [7, 11) is 0. The lowest BCUT2D eigenvalue weighted by Gasteiger charge is -2.26. The van der Waals surface area contributed by atoms with Gasteiger partial charge in [0.1, 0.15) is 12.2 Å². The van der Waals surface area contributed by atoms with Crippen molar-refractivity contribution in [3.05, 3.63) is 36.0 Å². The second-order valence-electron chi connectivity index (χ2n) is 6.60. The minimum atomic E-state index is -0.612. The maximum atomic E-state index is 12.3. The van der Waals surface area contributed by atoms with Crippen LogP contribution < -0.4 is 4.74 Å². The van der Waals surface area contributed by atoms with Gasteiger partial charge in [0.15, 0.2) is 0 Å². The molecule has 0 radical (unpaired) electrons. The molecule has 0 aliphatic carbocycles. The Morgan fingerprint density at radius 3 is 2.58 bits per heavy atom. The number of ether oxygens (including phenoxy) is 3. The van der Waals surface area contributed by atoms with E-state index in [1.807, 2.05) is 13.0 Å². The van der Waals surface area contributed by atoms with Gasteiger partial charge in [-0.1, -0.05) is 12.1 Å². The van der Waals surface area contributed by atoms with E-state index in [2.05, 4.69) is 4.98 Å². The van der Waals surface area contributed by atoms with E-state index in [9.17, 15) is 9.59 Å². The lowest BCUT2D eigenvalue weighted by molar-refractivity contribution is -0.137. The molecule has 0 aliphatic heterocycles. The minimum Gasteiger partial charge on any atom is -0.476 e. The summed E-state index contributed by atoms with van der Waals surface area (Å²) in [5, 5.41) is 0. The summed E-state index contributed by atoms with van der Waals surface area (Å²) in [6.07, 6.45) is 4.09. The van der Waals surface area contributed by atoms with Gasteiger partial charge in [0.05, 0.1) is 13.2 Å². The molecule has 7 nitrogen and oxygen atoms in total. The van der Waals surface area contributed by atoms with Crippen LogP contribution in [0.15, 0.2) is 30.5 Å². The average Bonchev–Trinajstić information content (AvgIpc) is 2.54. The van der Waals surface area contributed by atoms with E-state index in [4.69, 9.17) is 14.2 Å². The zero-order valence-electron chi connectivity index (χ0n) is 16.2. The highest BCUT2D eigenvalue weighted by molar-refractivity contribution is 5.82. The van der Waals surface area contributed by atoms with Crippen LogP contribution >= 0.6 is 0 Å². The van der Waals surface area contributed by atoms with Gasteiger partial charge in [-0.2, -0.15) is 0 Å². The van der Waals surface area contributed by atoms with Crippen LogP contribution in [0.3, 0.4) is 0 Å². The Balaban J connectivity index is 2.62. The zero-order valence-corrected chi connectivity index (χ0v) is 16.2. The summed E-state index contributed by atoms with van der Waals surface area (Å²) in [6.45, 7) is 10.1. The molecule has 0 unspecified atom stereocenters. The molecule has 0 spiro atoms. The monoisotopic (exact) mass is 364 g/mol. The molecule has 1 rings (SSSR count). The standard InChI is InChI=1S/C19H28N2O5/c1-6-24-17(22)8-7-11-21(18(23)26-19(3,4)5)12-13-25-16-10-9-15(2)14-20-16/h7-10,14H,6,11-13H2,1-5H3/b8-7+. The van der Waals surface area contributed by atoms with E-state index in [-0.39, 0.29) is 19.7 Å². The number of aromatic nitrogens is 1. The van der Waals surface area contributed by atoms with Crippen LogP contribution in [0.25, 0.3) is 0 Å². The fraction of sp³-hybridized carbons (Fsp3) is 0.526. The van der Waals surface area contributed by atoms with Crippen molar-refractivity contribution in [2.75, 3.05) is 26.3 Å². The quantitative estimate of drug-likeness (QED) is 0.521. The van der Waals surface area contributed by atoms with Gasteiger partial charge in [-0.15, -0.1) is 0 Å². The van der Waals surface area contributed by atoms with Crippen LogP contribution in [0.5, 0.6) is 5.88 Å². The molecule has 0 saturated heterocycles. The van der Waals surface area contributed by atoms with Gasteiger partial charge < -0.3 is 19.1 Å². The lowest BCUT2D eigenvalue weighted by Crippen LogP contribution is -2.39. The summed E-state index contributed by atoms with van der Waals surface area (Å²) < 4.78 is 15.8. The summed E-state index contributed by atoms with van der Waals surface area (Å²) in [5.41, 5.74) is 0.427. The van der Waals surface area contributed by atoms with E-state index in [0.717, 1.165) is 5.56 Å². The predicted octanol–water partition coefficient (Wildman–Crippen LogP) is 3.13. The Morgan fingerprint density at radius 2 is 2.00 bits per heavy atom. The summed E-state index contributed by atoms with van der Waals surface area (Å²) in [4.78, 5) is 29.3. The molecular formula is C19H28N2O5. The molecule has 0 bridgehead atoms. The number of hydrogen-bond acceptors (Lipinski definition) is 6. The molecular weight excluding hydrogens is 336 g/mol. The third kappa shape index (κ3) is 9.05. The molecule has 1 aromatic rings. The first-order valence-corrected chi connectivity index (χ1v) is 8.58. The van der Waals surface area contributed by atoms with Gasteiger partial charge in [0.25, 0.3) is 0 Å². The number of rotatable bonds is 8. The second kappa shape index (κ2) is 10.4. The molecule has 1 heterocycles. The molecule has 0 atom stereocenters. The smallest absolute Gasteiger partial charge is 0.410 e. The molecule has 0 N–H and O–H groups in total. The van der Waals surface area contributed by atoms with Gasteiger partial charge in [-0.25, -0.2) is 14.6 Å². The number of aryl methyl sites for hydroxylation is 1. The van der Waals surface area contributed by atoms with E-state index in [1.54, 1.807) is 46.0 Å². The van der Waals surface area contributed by atoms with Crippen LogP contribution in [0, 0.1) is 6.92 Å². The minimum absolute atomic E-state index is 0.207. The number of esters is 1. The maximum absolute atomic E-state index is 12.3. The van der Waals surface area contributed by atoms with Crippen molar-refractivity contribution in [1.29, 1.82) is 0 Å². The largest absolute Gasteiger partial charge is 0.476 e. The van der Waals surface area contributed by atoms with E-state index in [0.29, 0.717) is 12.5 Å². The summed E-state index contributed by atoms with van der Waals surface area (Å²) >= 11 is 0. The van der Waals surface area contributed by atoms with E-state index < -0.39 is 17.7 Å². The number of hydrogen-bond donors (Lipinski definition) is 0. The van der Waals surface area contributed by atoms with Gasteiger partial charge in [-0.3, -0.25) is 0 Å². The van der Waals surface area contributed by atoms with Gasteiger partial charge >= 0.3 is 12.1 Å².